The van der Waals surface area contributed by atoms with Crippen molar-refractivity contribution >= 4 is 27.5 Å². The number of esters is 1. The van der Waals surface area contributed by atoms with E-state index in [9.17, 15) is 13.2 Å². The van der Waals surface area contributed by atoms with Gasteiger partial charge in [-0.25, -0.2) is 32.0 Å². The second-order valence-electron chi connectivity index (χ2n) is 12.8. The van der Waals surface area contributed by atoms with Crippen molar-refractivity contribution in [3.8, 4) is 0 Å². The fraction of sp³-hybridized carbons (Fsp3) is 0.552. The molecule has 2 N–H and O–H groups in total. The van der Waals surface area contributed by atoms with Gasteiger partial charge in [0.25, 0.3) is 0 Å². The molecule has 0 saturated heterocycles. The molecule has 0 spiro atoms. The first-order valence-electron chi connectivity index (χ1n) is 14.0. The van der Waals surface area contributed by atoms with Gasteiger partial charge in [0, 0.05) is 35.4 Å². The summed E-state index contributed by atoms with van der Waals surface area (Å²) in [7, 11) is -3.68. The first-order valence-corrected chi connectivity index (χ1v) is 15.4. The van der Waals surface area contributed by atoms with Crippen LogP contribution in [0, 0.1) is 5.82 Å². The number of hydrogen-bond acceptors (Lipinski definition) is 8. The summed E-state index contributed by atoms with van der Waals surface area (Å²) in [5, 5.41) is 8.09. The van der Waals surface area contributed by atoms with Crippen LogP contribution in [-0.4, -0.2) is 35.8 Å². The number of oxazole rings is 1. The number of ether oxygens (including phenoxy) is 1. The van der Waals surface area contributed by atoms with Gasteiger partial charge in [0.1, 0.15) is 11.6 Å². The lowest BCUT2D eigenvalue weighted by Gasteiger charge is -2.23. The fourth-order valence-corrected chi connectivity index (χ4v) is 6.75. The molecule has 3 aromatic rings. The van der Waals surface area contributed by atoms with Gasteiger partial charge in [0.15, 0.2) is 17.4 Å². The van der Waals surface area contributed by atoms with Crippen molar-refractivity contribution in [1.82, 2.24) is 19.5 Å². The minimum atomic E-state index is -3.68. The van der Waals surface area contributed by atoms with Crippen LogP contribution in [0.1, 0.15) is 113 Å². The molecule has 0 bridgehead atoms. The summed E-state index contributed by atoms with van der Waals surface area (Å²) >= 11 is 0. The zero-order valence-electron chi connectivity index (χ0n) is 24.6. The number of nitrogens with one attached hydrogen (secondary N) is 2. The molecular formula is C29H38FN5O5S. The largest absolute Gasteiger partial charge is 0.461 e. The van der Waals surface area contributed by atoms with E-state index in [0.29, 0.717) is 17.5 Å². The molecule has 0 radical (unpaired) electrons. The van der Waals surface area contributed by atoms with Crippen LogP contribution >= 0.6 is 0 Å². The van der Waals surface area contributed by atoms with Crippen molar-refractivity contribution in [3.63, 3.8) is 0 Å². The summed E-state index contributed by atoms with van der Waals surface area (Å²) in [5.41, 5.74) is 0.591. The maximum absolute atomic E-state index is 15.4. The summed E-state index contributed by atoms with van der Waals surface area (Å²) in [6, 6.07) is 4.80. The monoisotopic (exact) mass is 587 g/mol. The molecular weight excluding hydrogens is 549 g/mol. The van der Waals surface area contributed by atoms with E-state index in [1.165, 1.54) is 12.1 Å². The summed E-state index contributed by atoms with van der Waals surface area (Å²) in [6.45, 7) is 13.9. The van der Waals surface area contributed by atoms with E-state index < -0.39 is 32.8 Å². The van der Waals surface area contributed by atoms with E-state index in [4.69, 9.17) is 14.3 Å². The molecule has 5 rings (SSSR count). The molecule has 222 valence electrons. The minimum absolute atomic E-state index is 0.0177. The number of benzene rings is 1. The van der Waals surface area contributed by atoms with E-state index in [-0.39, 0.29) is 46.8 Å². The lowest BCUT2D eigenvalue weighted by atomic mass is 9.92. The molecule has 0 amide bonds. The molecule has 2 aromatic heterocycles. The Morgan fingerprint density at radius 3 is 2.56 bits per heavy atom. The van der Waals surface area contributed by atoms with Crippen LogP contribution in [0.25, 0.3) is 0 Å². The topological polar surface area (TPSA) is 128 Å². The van der Waals surface area contributed by atoms with Gasteiger partial charge in [-0.15, -0.1) is 0 Å². The molecule has 2 unspecified atom stereocenters. The normalized spacial score (nSPS) is 20.3. The predicted molar refractivity (Wildman–Crippen MR) is 151 cm³/mol. The minimum Gasteiger partial charge on any atom is -0.461 e. The lowest BCUT2D eigenvalue weighted by molar-refractivity contribution is 0.0515. The number of nitrogens with zero attached hydrogens (tertiary/aromatic N) is 3. The predicted octanol–water partition coefficient (Wildman–Crippen LogP) is 5.83. The van der Waals surface area contributed by atoms with Crippen molar-refractivity contribution < 1.29 is 26.8 Å². The Labute approximate surface area is 240 Å². The number of carbonyl (C=O) groups is 1. The third-order valence-corrected chi connectivity index (χ3v) is 9.03. The number of rotatable bonds is 6. The number of fused-ring (bicyclic) bond motifs is 1. The van der Waals surface area contributed by atoms with Crippen molar-refractivity contribution in [2.75, 3.05) is 11.9 Å². The molecule has 1 saturated carbocycles. The van der Waals surface area contributed by atoms with Crippen LogP contribution in [0.3, 0.4) is 0 Å². The van der Waals surface area contributed by atoms with E-state index >= 15 is 4.39 Å². The molecule has 2 aliphatic rings. The Hall–Kier alpha value is -3.25. The Balaban J connectivity index is 1.42. The van der Waals surface area contributed by atoms with Crippen LogP contribution in [0.15, 0.2) is 27.5 Å². The lowest BCUT2D eigenvalue weighted by Crippen LogP contribution is -2.25. The molecule has 3 heterocycles. The average Bonchev–Trinajstić information content (AvgIpc) is 3.64. The molecule has 12 heteroatoms. The summed E-state index contributed by atoms with van der Waals surface area (Å²) in [5.74, 6) is 0.725. The number of halogens is 1. The Kier molecular flexibility index (Phi) is 7.30. The van der Waals surface area contributed by atoms with Crippen molar-refractivity contribution in [2.24, 2.45) is 0 Å². The Bertz CT molecular complexity index is 1600. The molecule has 1 aliphatic heterocycles. The number of carbonyl (C=O) groups excluding carboxylic acids is 1. The van der Waals surface area contributed by atoms with Crippen LogP contribution in [0.2, 0.25) is 0 Å². The van der Waals surface area contributed by atoms with E-state index in [1.54, 1.807) is 6.92 Å². The van der Waals surface area contributed by atoms with Gasteiger partial charge >= 0.3 is 5.97 Å². The quantitative estimate of drug-likeness (QED) is 0.345. The first-order chi connectivity index (χ1) is 19.1. The third kappa shape index (κ3) is 5.51. The highest BCUT2D eigenvalue weighted by molar-refractivity contribution is 7.89. The van der Waals surface area contributed by atoms with Gasteiger partial charge in [-0.2, -0.15) is 5.10 Å². The van der Waals surface area contributed by atoms with Gasteiger partial charge in [-0.05, 0) is 59.1 Å². The van der Waals surface area contributed by atoms with Crippen LogP contribution in [0.5, 0.6) is 0 Å². The van der Waals surface area contributed by atoms with Crippen LogP contribution in [-0.2, 0) is 32.3 Å². The van der Waals surface area contributed by atoms with Crippen LogP contribution < -0.4 is 10.0 Å². The smallest absolute Gasteiger partial charge is 0.360 e. The van der Waals surface area contributed by atoms with E-state index in [2.05, 4.69) is 15.0 Å². The van der Waals surface area contributed by atoms with Gasteiger partial charge in [-0.1, -0.05) is 20.8 Å². The van der Waals surface area contributed by atoms with Gasteiger partial charge in [0.05, 0.1) is 28.4 Å². The maximum atomic E-state index is 15.4. The summed E-state index contributed by atoms with van der Waals surface area (Å²) < 4.78 is 55.2. The molecule has 41 heavy (non-hydrogen) atoms. The summed E-state index contributed by atoms with van der Waals surface area (Å²) in [6.07, 6.45) is 2.41. The highest BCUT2D eigenvalue weighted by atomic mass is 32.2. The second kappa shape index (κ2) is 10.2. The van der Waals surface area contributed by atoms with Gasteiger partial charge < -0.3 is 14.5 Å². The molecule has 1 aliphatic carbocycles. The maximum Gasteiger partial charge on any atom is 0.360 e. The van der Waals surface area contributed by atoms with Crippen LogP contribution in [0.4, 0.5) is 15.9 Å². The standard InChI is InChI=1S/C29H38FN5O5S/c1-8-39-27(36)24-25(28(2,3)4)40-26(33-24)17-10-9-16(13-17)20-14-22(35(34-20)29(5,6)7)32-19-11-12-21-18(23(19)30)15-31-41(21,37)38/h11-12,14,16-17,31-32H,8-10,13,15H2,1-7H3. The Morgan fingerprint density at radius 1 is 1.20 bits per heavy atom. The number of hydrogen-bond donors (Lipinski definition) is 2. The van der Waals surface area contributed by atoms with Crippen molar-refractivity contribution in [1.29, 1.82) is 0 Å². The van der Waals surface area contributed by atoms with E-state index in [1.807, 2.05) is 52.3 Å². The highest BCUT2D eigenvalue weighted by Crippen LogP contribution is 2.45. The number of anilines is 2. The van der Waals surface area contributed by atoms with E-state index in [0.717, 1.165) is 25.0 Å². The first kappa shape index (κ1) is 29.2. The fourth-order valence-electron chi connectivity index (χ4n) is 5.53. The zero-order chi connectivity index (χ0) is 29.9. The average molecular weight is 588 g/mol. The van der Waals surface area contributed by atoms with Crippen molar-refractivity contribution in [2.45, 2.75) is 102 Å². The van der Waals surface area contributed by atoms with Gasteiger partial charge in [-0.3, -0.25) is 0 Å². The second-order valence-corrected chi connectivity index (χ2v) is 14.5. The number of aromatic nitrogens is 3. The number of sulfonamides is 1. The molecule has 2 atom stereocenters. The molecule has 10 nitrogen and oxygen atoms in total. The third-order valence-electron chi connectivity index (χ3n) is 7.55. The SMILES string of the molecule is CCOC(=O)c1nc(C2CCC(c3cc(Nc4ccc5c(c4F)CNS5(=O)=O)n(C(C)(C)C)n3)C2)oc1C(C)(C)C. The molecule has 1 aromatic carbocycles. The van der Waals surface area contributed by atoms with Gasteiger partial charge in [0.2, 0.25) is 10.0 Å². The zero-order valence-corrected chi connectivity index (χ0v) is 25.4. The molecule has 1 fully saturated rings. The van der Waals surface area contributed by atoms with Crippen molar-refractivity contribution in [3.05, 3.63) is 52.6 Å². The summed E-state index contributed by atoms with van der Waals surface area (Å²) in [4.78, 5) is 17.2. The Morgan fingerprint density at radius 2 is 1.90 bits per heavy atom. The highest BCUT2D eigenvalue weighted by Gasteiger charge is 2.37.